The van der Waals surface area contributed by atoms with Gasteiger partial charge in [-0.15, -0.1) is 0 Å². The topological polar surface area (TPSA) is 86.7 Å². The Bertz CT molecular complexity index is 644. The van der Waals surface area contributed by atoms with E-state index in [0.29, 0.717) is 30.8 Å². The molecule has 6 nitrogen and oxygen atoms in total. The number of piperidine rings is 1. The number of carboxylic acids is 1. The summed E-state index contributed by atoms with van der Waals surface area (Å²) in [6, 6.07) is 6.92. The molecule has 2 N–H and O–H groups in total. The number of anilines is 1. The molecule has 2 amide bonds. The molecular weight excluding hydrogens is 320 g/mol. The van der Waals surface area contributed by atoms with Crippen LogP contribution in [-0.4, -0.2) is 40.9 Å². The molecule has 2 atom stereocenters. The van der Waals surface area contributed by atoms with Crippen molar-refractivity contribution in [2.24, 2.45) is 5.92 Å². The average molecular weight is 346 g/mol. The first kappa shape index (κ1) is 19.0. The van der Waals surface area contributed by atoms with Crippen molar-refractivity contribution in [2.45, 2.75) is 45.4 Å². The molecule has 2 rings (SSSR count). The summed E-state index contributed by atoms with van der Waals surface area (Å²) < 4.78 is 0. The lowest BCUT2D eigenvalue weighted by molar-refractivity contribution is -0.138. The third-order valence-corrected chi connectivity index (χ3v) is 4.63. The number of hydrogen-bond acceptors (Lipinski definition) is 3. The minimum atomic E-state index is -0.902. The van der Waals surface area contributed by atoms with E-state index in [1.54, 1.807) is 36.1 Å². The average Bonchev–Trinajstić information content (AvgIpc) is 2.61. The zero-order chi connectivity index (χ0) is 18.4. The van der Waals surface area contributed by atoms with E-state index >= 15 is 0 Å². The van der Waals surface area contributed by atoms with Crippen LogP contribution in [0.2, 0.25) is 0 Å². The van der Waals surface area contributed by atoms with Gasteiger partial charge in [0.1, 0.15) is 0 Å². The van der Waals surface area contributed by atoms with Crippen molar-refractivity contribution in [3.8, 4) is 0 Å². The molecule has 1 saturated heterocycles. The van der Waals surface area contributed by atoms with Crippen LogP contribution in [0.3, 0.4) is 0 Å². The molecule has 0 spiro atoms. The molecule has 1 fully saturated rings. The first-order valence-corrected chi connectivity index (χ1v) is 8.83. The summed E-state index contributed by atoms with van der Waals surface area (Å²) in [6.07, 6.45) is 2.90. The van der Waals surface area contributed by atoms with Gasteiger partial charge >= 0.3 is 5.97 Å². The predicted octanol–water partition coefficient (Wildman–Crippen LogP) is 2.85. The Morgan fingerprint density at radius 3 is 2.80 bits per heavy atom. The fourth-order valence-electron chi connectivity index (χ4n) is 3.06. The lowest BCUT2D eigenvalue weighted by Gasteiger charge is -2.32. The van der Waals surface area contributed by atoms with Crippen molar-refractivity contribution >= 4 is 23.5 Å². The van der Waals surface area contributed by atoms with Gasteiger partial charge < -0.3 is 15.3 Å². The van der Waals surface area contributed by atoms with Gasteiger partial charge in [-0.3, -0.25) is 14.4 Å². The summed E-state index contributed by atoms with van der Waals surface area (Å²) in [6.45, 7) is 4.75. The number of rotatable bonds is 6. The highest BCUT2D eigenvalue weighted by atomic mass is 16.4. The monoisotopic (exact) mass is 346 g/mol. The van der Waals surface area contributed by atoms with Gasteiger partial charge in [-0.05, 0) is 43.9 Å². The SMILES string of the molecule is CCCC(=O)N1CCCC(C(=O)Nc2cccc(C(C)C(=O)O)c2)C1. The minimum absolute atomic E-state index is 0.109. The van der Waals surface area contributed by atoms with Crippen LogP contribution >= 0.6 is 0 Å². The Balaban J connectivity index is 2.00. The number of aliphatic carboxylic acids is 1. The number of nitrogens with zero attached hydrogens (tertiary/aromatic N) is 1. The molecule has 0 aromatic heterocycles. The third kappa shape index (κ3) is 5.05. The highest BCUT2D eigenvalue weighted by Gasteiger charge is 2.28. The molecule has 1 aromatic carbocycles. The standard InChI is InChI=1S/C19H26N2O4/c1-3-6-17(22)21-10-5-8-15(12-21)18(23)20-16-9-4-7-14(11-16)13(2)19(24)25/h4,7,9,11,13,15H,3,5-6,8,10,12H2,1-2H3,(H,20,23)(H,24,25). The molecule has 1 aromatic rings. The molecule has 1 aliphatic heterocycles. The fourth-order valence-corrected chi connectivity index (χ4v) is 3.06. The van der Waals surface area contributed by atoms with E-state index in [1.807, 2.05) is 6.92 Å². The van der Waals surface area contributed by atoms with Crippen molar-refractivity contribution < 1.29 is 19.5 Å². The number of carboxylic acid groups (broad SMARTS) is 1. The summed E-state index contributed by atoms with van der Waals surface area (Å²) in [7, 11) is 0. The predicted molar refractivity (Wildman–Crippen MR) is 95.3 cm³/mol. The number of amides is 2. The Kier molecular flexibility index (Phi) is 6.56. The van der Waals surface area contributed by atoms with E-state index in [1.165, 1.54) is 0 Å². The van der Waals surface area contributed by atoms with Gasteiger partial charge in [0.25, 0.3) is 0 Å². The van der Waals surface area contributed by atoms with Crippen LogP contribution in [0.15, 0.2) is 24.3 Å². The van der Waals surface area contributed by atoms with Crippen LogP contribution in [0.4, 0.5) is 5.69 Å². The fraction of sp³-hybridized carbons (Fsp3) is 0.526. The molecular formula is C19H26N2O4. The van der Waals surface area contributed by atoms with Crippen LogP contribution in [0.5, 0.6) is 0 Å². The summed E-state index contributed by atoms with van der Waals surface area (Å²) in [5.41, 5.74) is 1.24. The van der Waals surface area contributed by atoms with Crippen LogP contribution in [0, 0.1) is 5.92 Å². The quantitative estimate of drug-likeness (QED) is 0.829. The van der Waals surface area contributed by atoms with E-state index in [-0.39, 0.29) is 17.7 Å². The second-order valence-electron chi connectivity index (χ2n) is 6.60. The number of carbonyl (C=O) groups excluding carboxylic acids is 2. The Hall–Kier alpha value is -2.37. The lowest BCUT2D eigenvalue weighted by Crippen LogP contribution is -2.43. The molecule has 2 unspecified atom stereocenters. The highest BCUT2D eigenvalue weighted by molar-refractivity contribution is 5.93. The second-order valence-corrected chi connectivity index (χ2v) is 6.60. The largest absolute Gasteiger partial charge is 0.481 e. The Morgan fingerprint density at radius 2 is 2.12 bits per heavy atom. The number of benzene rings is 1. The van der Waals surface area contributed by atoms with E-state index in [9.17, 15) is 14.4 Å². The van der Waals surface area contributed by atoms with Gasteiger partial charge in [-0.1, -0.05) is 19.1 Å². The zero-order valence-corrected chi connectivity index (χ0v) is 14.8. The van der Waals surface area contributed by atoms with Crippen molar-refractivity contribution in [1.29, 1.82) is 0 Å². The summed E-state index contributed by atoms with van der Waals surface area (Å²) >= 11 is 0. The van der Waals surface area contributed by atoms with Crippen molar-refractivity contribution in [3.05, 3.63) is 29.8 Å². The zero-order valence-electron chi connectivity index (χ0n) is 14.8. The molecule has 0 radical (unpaired) electrons. The van der Waals surface area contributed by atoms with E-state index < -0.39 is 11.9 Å². The van der Waals surface area contributed by atoms with Crippen LogP contribution < -0.4 is 5.32 Å². The van der Waals surface area contributed by atoms with Gasteiger partial charge in [0.15, 0.2) is 0 Å². The van der Waals surface area contributed by atoms with Crippen molar-refractivity contribution in [3.63, 3.8) is 0 Å². The van der Waals surface area contributed by atoms with Gasteiger partial charge in [-0.25, -0.2) is 0 Å². The molecule has 6 heteroatoms. The summed E-state index contributed by atoms with van der Waals surface area (Å²) in [4.78, 5) is 37.5. The molecule has 25 heavy (non-hydrogen) atoms. The lowest BCUT2D eigenvalue weighted by atomic mass is 9.96. The van der Waals surface area contributed by atoms with E-state index in [4.69, 9.17) is 5.11 Å². The third-order valence-electron chi connectivity index (χ3n) is 4.63. The first-order chi connectivity index (χ1) is 11.9. The first-order valence-electron chi connectivity index (χ1n) is 8.83. The number of likely N-dealkylation sites (tertiary alicyclic amines) is 1. The van der Waals surface area contributed by atoms with Gasteiger partial charge in [-0.2, -0.15) is 0 Å². The second kappa shape index (κ2) is 8.65. The summed E-state index contributed by atoms with van der Waals surface area (Å²) in [5.74, 6) is -1.77. The maximum Gasteiger partial charge on any atom is 0.310 e. The number of nitrogens with one attached hydrogen (secondary N) is 1. The smallest absolute Gasteiger partial charge is 0.310 e. The number of carbonyl (C=O) groups is 3. The van der Waals surface area contributed by atoms with Crippen LogP contribution in [0.1, 0.15) is 51.0 Å². The molecule has 136 valence electrons. The van der Waals surface area contributed by atoms with E-state index in [0.717, 1.165) is 19.3 Å². The molecule has 0 saturated carbocycles. The highest BCUT2D eigenvalue weighted by Crippen LogP contribution is 2.22. The molecule has 1 heterocycles. The maximum absolute atomic E-state index is 12.5. The van der Waals surface area contributed by atoms with Gasteiger partial charge in [0.05, 0.1) is 11.8 Å². The molecule has 1 aliphatic rings. The Labute approximate surface area is 148 Å². The normalized spacial score (nSPS) is 18.5. The maximum atomic E-state index is 12.5. The molecule has 0 bridgehead atoms. The Morgan fingerprint density at radius 1 is 1.36 bits per heavy atom. The van der Waals surface area contributed by atoms with Crippen molar-refractivity contribution in [2.75, 3.05) is 18.4 Å². The van der Waals surface area contributed by atoms with Crippen molar-refractivity contribution in [1.82, 2.24) is 4.90 Å². The number of hydrogen-bond donors (Lipinski definition) is 2. The summed E-state index contributed by atoms with van der Waals surface area (Å²) in [5, 5.41) is 12.0. The van der Waals surface area contributed by atoms with Gasteiger partial charge in [0, 0.05) is 25.2 Å². The van der Waals surface area contributed by atoms with Gasteiger partial charge in [0.2, 0.25) is 11.8 Å². The van der Waals surface area contributed by atoms with Crippen LogP contribution in [-0.2, 0) is 14.4 Å². The minimum Gasteiger partial charge on any atom is -0.481 e. The van der Waals surface area contributed by atoms with Crippen LogP contribution in [0.25, 0.3) is 0 Å². The molecule has 0 aliphatic carbocycles. The van der Waals surface area contributed by atoms with E-state index in [2.05, 4.69) is 5.32 Å².